The molecule has 2 aromatic heterocycles. The van der Waals surface area contributed by atoms with Gasteiger partial charge in [-0.25, -0.2) is 0 Å². The highest BCUT2D eigenvalue weighted by Gasteiger charge is 2.33. The van der Waals surface area contributed by atoms with E-state index >= 15 is 0 Å². The van der Waals surface area contributed by atoms with Gasteiger partial charge >= 0.3 is 0 Å². The Labute approximate surface area is 129 Å². The molecule has 4 rings (SSSR count). The standard InChI is InChI=1S/C15H14BrN3O2/c1-7-5-9-12(10(16)6-19(2)15(9)20)11(7)14-18-17-13(21-14)8-3-4-8/h6,8H,3-5H2,1-2H3. The summed E-state index contributed by atoms with van der Waals surface area (Å²) in [5.41, 5.74) is 3.74. The van der Waals surface area contributed by atoms with Gasteiger partial charge in [0.25, 0.3) is 5.56 Å². The summed E-state index contributed by atoms with van der Waals surface area (Å²) in [5, 5.41) is 8.35. The van der Waals surface area contributed by atoms with Gasteiger partial charge in [0.15, 0.2) is 0 Å². The molecular formula is C15H14BrN3O2. The van der Waals surface area contributed by atoms with Gasteiger partial charge in [0, 0.05) is 46.8 Å². The van der Waals surface area contributed by atoms with Gasteiger partial charge in [0.2, 0.25) is 11.8 Å². The van der Waals surface area contributed by atoms with E-state index in [0.717, 1.165) is 45.5 Å². The minimum Gasteiger partial charge on any atom is -0.420 e. The van der Waals surface area contributed by atoms with Crippen molar-refractivity contribution < 1.29 is 4.42 Å². The van der Waals surface area contributed by atoms with Crippen LogP contribution in [0.15, 0.2) is 25.5 Å². The normalized spacial score (nSPS) is 17.5. The highest BCUT2D eigenvalue weighted by Crippen LogP contribution is 2.42. The number of pyridine rings is 1. The maximum atomic E-state index is 12.3. The molecule has 2 heterocycles. The van der Waals surface area contributed by atoms with Gasteiger partial charge < -0.3 is 8.98 Å². The lowest BCUT2D eigenvalue weighted by molar-refractivity contribution is 0.485. The van der Waals surface area contributed by atoms with Crippen molar-refractivity contribution in [2.24, 2.45) is 7.05 Å². The first-order chi connectivity index (χ1) is 10.1. The Bertz CT molecular complexity index is 843. The predicted molar refractivity (Wildman–Crippen MR) is 81.1 cm³/mol. The van der Waals surface area contributed by atoms with Crippen molar-refractivity contribution in [3.63, 3.8) is 0 Å². The Kier molecular flexibility index (Phi) is 2.73. The summed E-state index contributed by atoms with van der Waals surface area (Å²) in [6.45, 7) is 2.02. The highest BCUT2D eigenvalue weighted by atomic mass is 79.9. The molecule has 0 saturated heterocycles. The zero-order chi connectivity index (χ0) is 14.7. The number of rotatable bonds is 2. The molecule has 1 fully saturated rings. The van der Waals surface area contributed by atoms with Crippen LogP contribution in [-0.2, 0) is 13.5 Å². The number of fused-ring (bicyclic) bond motifs is 1. The number of aromatic nitrogens is 3. The topological polar surface area (TPSA) is 60.9 Å². The number of aryl methyl sites for hydroxylation is 1. The van der Waals surface area contributed by atoms with E-state index in [-0.39, 0.29) is 5.56 Å². The van der Waals surface area contributed by atoms with E-state index in [9.17, 15) is 4.79 Å². The molecule has 6 heteroatoms. The van der Waals surface area contributed by atoms with Crippen molar-refractivity contribution in [3.05, 3.63) is 49.5 Å². The summed E-state index contributed by atoms with van der Waals surface area (Å²) in [4.78, 5) is 12.3. The zero-order valence-corrected chi connectivity index (χ0v) is 13.4. The van der Waals surface area contributed by atoms with Crippen LogP contribution in [0.2, 0.25) is 0 Å². The minimum absolute atomic E-state index is 0.0319. The Balaban J connectivity index is 1.89. The van der Waals surface area contributed by atoms with Crippen molar-refractivity contribution in [1.29, 1.82) is 0 Å². The lowest BCUT2D eigenvalue weighted by Crippen LogP contribution is -2.21. The van der Waals surface area contributed by atoms with E-state index < -0.39 is 0 Å². The Morgan fingerprint density at radius 1 is 1.38 bits per heavy atom. The van der Waals surface area contributed by atoms with Crippen molar-refractivity contribution in [2.45, 2.75) is 32.1 Å². The van der Waals surface area contributed by atoms with Crippen LogP contribution >= 0.6 is 15.9 Å². The third-order valence-corrected chi connectivity index (χ3v) is 4.73. The van der Waals surface area contributed by atoms with Gasteiger partial charge in [-0.15, -0.1) is 10.2 Å². The van der Waals surface area contributed by atoms with Gasteiger partial charge in [0.1, 0.15) is 0 Å². The van der Waals surface area contributed by atoms with E-state index in [4.69, 9.17) is 4.42 Å². The van der Waals surface area contributed by atoms with Gasteiger partial charge in [0.05, 0.1) is 0 Å². The minimum atomic E-state index is 0.0319. The monoisotopic (exact) mass is 347 g/mol. The molecule has 0 unspecified atom stereocenters. The van der Waals surface area contributed by atoms with Crippen LogP contribution in [0.25, 0.3) is 5.57 Å². The van der Waals surface area contributed by atoms with Crippen LogP contribution < -0.4 is 5.56 Å². The number of hydrogen-bond donors (Lipinski definition) is 0. The molecule has 21 heavy (non-hydrogen) atoms. The number of halogens is 1. The van der Waals surface area contributed by atoms with Gasteiger partial charge in [-0.05, 0) is 35.7 Å². The molecule has 1 saturated carbocycles. The summed E-state index contributed by atoms with van der Waals surface area (Å²) >= 11 is 3.56. The maximum absolute atomic E-state index is 12.3. The fourth-order valence-electron chi connectivity index (χ4n) is 2.88. The Morgan fingerprint density at radius 2 is 2.14 bits per heavy atom. The van der Waals surface area contributed by atoms with Crippen LogP contribution in [0.1, 0.15) is 48.6 Å². The molecule has 0 spiro atoms. The molecule has 0 bridgehead atoms. The lowest BCUT2D eigenvalue weighted by Gasteiger charge is -2.07. The molecule has 2 aliphatic rings. The Hall–Kier alpha value is -1.69. The Morgan fingerprint density at radius 3 is 2.86 bits per heavy atom. The van der Waals surface area contributed by atoms with E-state index in [2.05, 4.69) is 26.1 Å². The van der Waals surface area contributed by atoms with Crippen LogP contribution in [0.3, 0.4) is 0 Å². The lowest BCUT2D eigenvalue weighted by atomic mass is 10.1. The SMILES string of the molecule is CC1=C(c2nnc(C3CC3)o2)c2c(Br)cn(C)c(=O)c2C1. The largest absolute Gasteiger partial charge is 0.420 e. The summed E-state index contributed by atoms with van der Waals surface area (Å²) in [7, 11) is 1.76. The predicted octanol–water partition coefficient (Wildman–Crippen LogP) is 2.79. The van der Waals surface area contributed by atoms with Crippen LogP contribution in [0, 0.1) is 0 Å². The summed E-state index contributed by atoms with van der Waals surface area (Å²) in [5.74, 6) is 1.68. The molecule has 108 valence electrons. The van der Waals surface area contributed by atoms with Crippen molar-refractivity contribution in [3.8, 4) is 0 Å². The van der Waals surface area contributed by atoms with Gasteiger partial charge in [-0.2, -0.15) is 0 Å². The molecule has 0 atom stereocenters. The second-order valence-corrected chi connectivity index (χ2v) is 6.65. The molecule has 0 amide bonds. The number of allylic oxidation sites excluding steroid dienone is 1. The van der Waals surface area contributed by atoms with Crippen LogP contribution in [0.5, 0.6) is 0 Å². The first-order valence-electron chi connectivity index (χ1n) is 6.98. The van der Waals surface area contributed by atoms with Crippen molar-refractivity contribution in [1.82, 2.24) is 14.8 Å². The summed E-state index contributed by atoms with van der Waals surface area (Å²) in [6.07, 6.45) is 4.68. The van der Waals surface area contributed by atoms with E-state index in [1.807, 2.05) is 6.92 Å². The summed E-state index contributed by atoms with van der Waals surface area (Å²) in [6, 6.07) is 0. The van der Waals surface area contributed by atoms with Gasteiger partial charge in [-0.1, -0.05) is 5.57 Å². The average molecular weight is 348 g/mol. The highest BCUT2D eigenvalue weighted by molar-refractivity contribution is 9.10. The molecule has 0 aliphatic heterocycles. The van der Waals surface area contributed by atoms with Crippen LogP contribution in [0.4, 0.5) is 0 Å². The molecule has 5 nitrogen and oxygen atoms in total. The first kappa shape index (κ1) is 13.0. The van der Waals surface area contributed by atoms with Crippen molar-refractivity contribution >= 4 is 21.5 Å². The maximum Gasteiger partial charge on any atom is 0.254 e. The second-order valence-electron chi connectivity index (χ2n) is 5.80. The fraction of sp³-hybridized carbons (Fsp3) is 0.400. The molecular weight excluding hydrogens is 334 g/mol. The number of nitrogens with zero attached hydrogens (tertiary/aromatic N) is 3. The summed E-state index contributed by atoms with van der Waals surface area (Å²) < 4.78 is 8.32. The second kappa shape index (κ2) is 4.40. The quantitative estimate of drug-likeness (QED) is 0.837. The van der Waals surface area contributed by atoms with Gasteiger partial charge in [-0.3, -0.25) is 4.79 Å². The van der Waals surface area contributed by atoms with E-state index in [1.54, 1.807) is 17.8 Å². The van der Waals surface area contributed by atoms with E-state index in [0.29, 0.717) is 18.2 Å². The third-order valence-electron chi connectivity index (χ3n) is 4.13. The van der Waals surface area contributed by atoms with Crippen molar-refractivity contribution in [2.75, 3.05) is 0 Å². The fourth-order valence-corrected chi connectivity index (χ4v) is 3.62. The smallest absolute Gasteiger partial charge is 0.254 e. The molecule has 0 N–H and O–H groups in total. The molecule has 0 radical (unpaired) electrons. The molecule has 2 aromatic rings. The third kappa shape index (κ3) is 1.92. The zero-order valence-electron chi connectivity index (χ0n) is 11.8. The molecule has 0 aromatic carbocycles. The van der Waals surface area contributed by atoms with Crippen LogP contribution in [-0.4, -0.2) is 14.8 Å². The average Bonchev–Trinajstić information content (AvgIpc) is 3.07. The first-order valence-corrected chi connectivity index (χ1v) is 7.77. The molecule has 2 aliphatic carbocycles. The number of hydrogen-bond acceptors (Lipinski definition) is 4. The van der Waals surface area contributed by atoms with E-state index in [1.165, 1.54) is 0 Å².